The lowest BCUT2D eigenvalue weighted by Gasteiger charge is -2.21. The Morgan fingerprint density at radius 3 is 2.29 bits per heavy atom. The van der Waals surface area contributed by atoms with Gasteiger partial charge in [0.1, 0.15) is 0 Å². The van der Waals surface area contributed by atoms with Crippen LogP contribution in [0.4, 0.5) is 5.69 Å². The molecule has 8 heteroatoms. The third-order valence-electron chi connectivity index (χ3n) is 3.47. The maximum atomic E-state index is 12.7. The zero-order valence-electron chi connectivity index (χ0n) is 13.4. The Hall–Kier alpha value is -2.74. The maximum absolute atomic E-state index is 12.7. The van der Waals surface area contributed by atoms with Crippen molar-refractivity contribution < 1.29 is 27.8 Å². The summed E-state index contributed by atoms with van der Waals surface area (Å²) in [5.41, 5.74) is 0.255. The number of nitrogens with zero attached hydrogens (tertiary/aromatic N) is 1. The van der Waals surface area contributed by atoms with Gasteiger partial charge in [-0.05, 0) is 30.3 Å². The van der Waals surface area contributed by atoms with Crippen LogP contribution in [0, 0.1) is 0 Å². The fourth-order valence-corrected chi connectivity index (χ4v) is 3.34. The highest BCUT2D eigenvalue weighted by molar-refractivity contribution is 7.92. The number of carbonyl (C=O) groups is 1. The first-order valence-electron chi connectivity index (χ1n) is 6.85. The number of hydrogen-bond acceptors (Lipinski definition) is 5. The number of rotatable bonds is 6. The first-order chi connectivity index (χ1) is 11.3. The zero-order chi connectivity index (χ0) is 17.9. The number of methoxy groups -OCH3 is 2. The van der Waals surface area contributed by atoms with E-state index in [0.717, 1.165) is 10.4 Å². The Morgan fingerprint density at radius 1 is 1.04 bits per heavy atom. The van der Waals surface area contributed by atoms with Gasteiger partial charge in [-0.3, -0.25) is 4.31 Å². The van der Waals surface area contributed by atoms with Crippen molar-refractivity contribution in [3.8, 4) is 11.5 Å². The van der Waals surface area contributed by atoms with Crippen molar-refractivity contribution in [2.45, 2.75) is 4.90 Å². The quantitative estimate of drug-likeness (QED) is 0.858. The highest BCUT2D eigenvalue weighted by atomic mass is 32.2. The Balaban J connectivity index is 2.46. The van der Waals surface area contributed by atoms with E-state index in [1.807, 2.05) is 0 Å². The van der Waals surface area contributed by atoms with Crippen molar-refractivity contribution >= 4 is 21.7 Å². The molecule has 0 saturated carbocycles. The van der Waals surface area contributed by atoms with Crippen molar-refractivity contribution in [3.63, 3.8) is 0 Å². The molecule has 0 amide bonds. The highest BCUT2D eigenvalue weighted by Crippen LogP contribution is 2.33. The van der Waals surface area contributed by atoms with Gasteiger partial charge in [0.05, 0.1) is 30.4 Å². The Kier molecular flexibility index (Phi) is 4.99. The Morgan fingerprint density at radius 2 is 1.71 bits per heavy atom. The van der Waals surface area contributed by atoms with E-state index in [2.05, 4.69) is 0 Å². The highest BCUT2D eigenvalue weighted by Gasteiger charge is 2.23. The molecule has 2 aromatic rings. The van der Waals surface area contributed by atoms with Gasteiger partial charge in [0.2, 0.25) is 0 Å². The minimum absolute atomic E-state index is 0.100. The Bertz CT molecular complexity index is 863. The van der Waals surface area contributed by atoms with Gasteiger partial charge in [0.15, 0.2) is 11.5 Å². The largest absolute Gasteiger partial charge is 0.493 e. The molecular formula is C16H17NO6S. The number of aromatic carboxylic acids is 1. The SMILES string of the molecule is COc1ccc(N(C)S(=O)(=O)c2cccc(C(=O)O)c2)cc1OC. The molecule has 0 aromatic heterocycles. The van der Waals surface area contributed by atoms with Gasteiger partial charge >= 0.3 is 5.97 Å². The van der Waals surface area contributed by atoms with E-state index in [9.17, 15) is 13.2 Å². The van der Waals surface area contributed by atoms with Gasteiger partial charge in [0, 0.05) is 13.1 Å². The molecule has 2 rings (SSSR count). The van der Waals surface area contributed by atoms with E-state index >= 15 is 0 Å². The number of anilines is 1. The average molecular weight is 351 g/mol. The molecule has 0 heterocycles. The maximum Gasteiger partial charge on any atom is 0.335 e. The third-order valence-corrected chi connectivity index (χ3v) is 5.25. The standard InChI is InChI=1S/C16H17NO6S/c1-17(12-7-8-14(22-2)15(10-12)23-3)24(20,21)13-6-4-5-11(9-13)16(18)19/h4-10H,1-3H3,(H,18,19). The Labute approximate surface area is 140 Å². The van der Waals surface area contributed by atoms with Crippen molar-refractivity contribution in [1.29, 1.82) is 0 Å². The first kappa shape index (κ1) is 17.6. The summed E-state index contributed by atoms with van der Waals surface area (Å²) >= 11 is 0. The van der Waals surface area contributed by atoms with Crippen molar-refractivity contribution in [1.82, 2.24) is 0 Å². The lowest BCUT2D eigenvalue weighted by Crippen LogP contribution is -2.26. The van der Waals surface area contributed by atoms with Crippen LogP contribution in [0.3, 0.4) is 0 Å². The van der Waals surface area contributed by atoms with Crippen LogP contribution in [0.25, 0.3) is 0 Å². The van der Waals surface area contributed by atoms with E-state index < -0.39 is 16.0 Å². The molecule has 0 aliphatic carbocycles. The summed E-state index contributed by atoms with van der Waals surface area (Å²) in [4.78, 5) is 10.9. The third kappa shape index (κ3) is 3.28. The second-order valence-corrected chi connectivity index (χ2v) is 6.81. The lowest BCUT2D eigenvalue weighted by molar-refractivity contribution is 0.0696. The summed E-state index contributed by atoms with van der Waals surface area (Å²) < 4.78 is 36.8. The van der Waals surface area contributed by atoms with Crippen LogP contribution >= 0.6 is 0 Å². The number of carboxylic acids is 1. The fraction of sp³-hybridized carbons (Fsp3) is 0.188. The molecule has 128 valence electrons. The molecule has 0 fully saturated rings. The number of ether oxygens (including phenoxy) is 2. The number of hydrogen-bond donors (Lipinski definition) is 1. The van der Waals surface area contributed by atoms with Gasteiger partial charge < -0.3 is 14.6 Å². The van der Waals surface area contributed by atoms with Gasteiger partial charge in [-0.2, -0.15) is 0 Å². The molecule has 0 radical (unpaired) electrons. The average Bonchev–Trinajstić information content (AvgIpc) is 2.60. The van der Waals surface area contributed by atoms with Crippen LogP contribution in [0.1, 0.15) is 10.4 Å². The van der Waals surface area contributed by atoms with Crippen molar-refractivity contribution in [2.75, 3.05) is 25.6 Å². The first-order valence-corrected chi connectivity index (χ1v) is 8.29. The number of sulfonamides is 1. The fourth-order valence-electron chi connectivity index (χ4n) is 2.11. The minimum Gasteiger partial charge on any atom is -0.493 e. The summed E-state index contributed by atoms with van der Waals surface area (Å²) in [5, 5.41) is 9.02. The van der Waals surface area contributed by atoms with Gasteiger partial charge in [-0.1, -0.05) is 6.07 Å². The number of carboxylic acid groups (broad SMARTS) is 1. The van der Waals surface area contributed by atoms with Crippen LogP contribution in [0.2, 0.25) is 0 Å². The predicted molar refractivity (Wildman–Crippen MR) is 88.5 cm³/mol. The molecule has 0 atom stereocenters. The summed E-state index contributed by atoms with van der Waals surface area (Å²) in [6, 6.07) is 9.87. The van der Waals surface area contributed by atoms with E-state index in [-0.39, 0.29) is 10.5 Å². The second kappa shape index (κ2) is 6.79. The molecule has 1 N–H and O–H groups in total. The molecule has 0 bridgehead atoms. The topological polar surface area (TPSA) is 93.1 Å². The van der Waals surface area contributed by atoms with E-state index in [4.69, 9.17) is 14.6 Å². The van der Waals surface area contributed by atoms with Crippen molar-refractivity contribution in [3.05, 3.63) is 48.0 Å². The van der Waals surface area contributed by atoms with E-state index in [1.54, 1.807) is 12.1 Å². The summed E-state index contributed by atoms with van der Waals surface area (Å²) in [7, 11) is 0.392. The summed E-state index contributed by atoms with van der Waals surface area (Å²) in [6.07, 6.45) is 0. The van der Waals surface area contributed by atoms with Crippen LogP contribution in [0.5, 0.6) is 11.5 Å². The number of benzene rings is 2. The lowest BCUT2D eigenvalue weighted by atomic mass is 10.2. The van der Waals surface area contributed by atoms with Crippen LogP contribution in [0.15, 0.2) is 47.4 Å². The summed E-state index contributed by atoms with van der Waals surface area (Å²) in [5.74, 6) is -0.336. The minimum atomic E-state index is -3.92. The molecule has 0 spiro atoms. The monoisotopic (exact) mass is 351 g/mol. The molecular weight excluding hydrogens is 334 g/mol. The van der Waals surface area contributed by atoms with E-state index in [0.29, 0.717) is 17.2 Å². The molecule has 0 aliphatic heterocycles. The molecule has 2 aromatic carbocycles. The van der Waals surface area contributed by atoms with Gasteiger partial charge in [0.25, 0.3) is 10.0 Å². The molecule has 7 nitrogen and oxygen atoms in total. The second-order valence-electron chi connectivity index (χ2n) is 4.84. The molecule has 0 saturated heterocycles. The molecule has 0 unspecified atom stereocenters. The smallest absolute Gasteiger partial charge is 0.335 e. The van der Waals surface area contributed by atoms with Crippen LogP contribution in [-0.4, -0.2) is 40.8 Å². The van der Waals surface area contributed by atoms with Gasteiger partial charge in [-0.15, -0.1) is 0 Å². The zero-order valence-corrected chi connectivity index (χ0v) is 14.2. The summed E-state index contributed by atoms with van der Waals surface area (Å²) in [6.45, 7) is 0. The van der Waals surface area contributed by atoms with Crippen LogP contribution in [-0.2, 0) is 10.0 Å². The molecule has 24 heavy (non-hydrogen) atoms. The van der Waals surface area contributed by atoms with Gasteiger partial charge in [-0.25, -0.2) is 13.2 Å². The molecule has 0 aliphatic rings. The van der Waals surface area contributed by atoms with Crippen molar-refractivity contribution in [2.24, 2.45) is 0 Å². The predicted octanol–water partition coefficient (Wildman–Crippen LogP) is 2.23. The normalized spacial score (nSPS) is 11.0. The van der Waals surface area contributed by atoms with E-state index in [1.165, 1.54) is 45.5 Å². The van der Waals surface area contributed by atoms with Crippen LogP contribution < -0.4 is 13.8 Å².